The lowest BCUT2D eigenvalue weighted by Crippen LogP contribution is -2.08. The van der Waals surface area contributed by atoms with Crippen molar-refractivity contribution in [2.24, 2.45) is 0 Å². The molecule has 0 fully saturated rings. The van der Waals surface area contributed by atoms with E-state index in [0.29, 0.717) is 18.2 Å². The molecule has 164 valence electrons. The van der Waals surface area contributed by atoms with E-state index in [0.717, 1.165) is 54.4 Å². The van der Waals surface area contributed by atoms with Gasteiger partial charge in [-0.05, 0) is 33.5 Å². The second kappa shape index (κ2) is 9.95. The van der Waals surface area contributed by atoms with Crippen LogP contribution in [0.25, 0.3) is 22.5 Å². The largest absolute Gasteiger partial charge is 0.475 e. The summed E-state index contributed by atoms with van der Waals surface area (Å²) >= 11 is 0. The van der Waals surface area contributed by atoms with Crippen LogP contribution < -0.4 is 0 Å². The van der Waals surface area contributed by atoms with Crippen LogP contribution in [0.3, 0.4) is 0 Å². The number of nitrogens with one attached hydrogen (secondary N) is 1. The van der Waals surface area contributed by atoms with Gasteiger partial charge in [0.25, 0.3) is 5.82 Å². The Balaban J connectivity index is 1.54. The van der Waals surface area contributed by atoms with Crippen LogP contribution in [0.15, 0.2) is 48.5 Å². The minimum atomic E-state index is -1.10. The van der Waals surface area contributed by atoms with Crippen molar-refractivity contribution < 1.29 is 9.90 Å². The van der Waals surface area contributed by atoms with Crippen LogP contribution in [0, 0.1) is 0 Å². The number of nitrogens with zero attached hydrogens (tertiary/aromatic N) is 6. The first kappa shape index (κ1) is 21.4. The highest BCUT2D eigenvalue weighted by molar-refractivity contribution is 5.83. The predicted molar refractivity (Wildman–Crippen MR) is 119 cm³/mol. The molecule has 4 rings (SSSR count). The van der Waals surface area contributed by atoms with Gasteiger partial charge in [0.05, 0.1) is 6.54 Å². The number of unbranched alkanes of at least 4 members (excludes halogenated alkanes) is 3. The lowest BCUT2D eigenvalue weighted by molar-refractivity contribution is 0.0683. The lowest BCUT2D eigenvalue weighted by atomic mass is 9.98. The van der Waals surface area contributed by atoms with E-state index in [2.05, 4.69) is 37.6 Å². The van der Waals surface area contributed by atoms with Gasteiger partial charge in [-0.3, -0.25) is 0 Å². The highest BCUT2D eigenvalue weighted by atomic mass is 16.4. The molecule has 0 unspecified atom stereocenters. The predicted octanol–water partition coefficient (Wildman–Crippen LogP) is 3.99. The Morgan fingerprint density at radius 1 is 1.03 bits per heavy atom. The Kier molecular flexibility index (Phi) is 6.64. The number of aromatic amines is 1. The fourth-order valence-electron chi connectivity index (χ4n) is 3.66. The van der Waals surface area contributed by atoms with Crippen molar-refractivity contribution in [3.05, 3.63) is 65.7 Å². The molecule has 2 aromatic heterocycles. The molecule has 32 heavy (non-hydrogen) atoms. The standard InChI is InChI=1S/C23H25N7O2/c1-2-3-4-5-10-20-24-22(23(31)32)27-30(20)15-16-11-13-17(14-12-16)18-8-6-7-9-19(18)21-25-28-29-26-21/h6-9,11-14H,2-5,10,15H2,1H3,(H,31,32)(H,25,26,28,29). The third-order valence-corrected chi connectivity index (χ3v) is 5.32. The van der Waals surface area contributed by atoms with E-state index >= 15 is 0 Å². The first-order chi connectivity index (χ1) is 15.7. The first-order valence-corrected chi connectivity index (χ1v) is 10.7. The van der Waals surface area contributed by atoms with Crippen molar-refractivity contribution in [3.63, 3.8) is 0 Å². The number of benzene rings is 2. The van der Waals surface area contributed by atoms with E-state index in [-0.39, 0.29) is 5.82 Å². The molecule has 0 amide bonds. The van der Waals surface area contributed by atoms with E-state index in [4.69, 9.17) is 0 Å². The molecule has 4 aromatic rings. The van der Waals surface area contributed by atoms with Gasteiger partial charge in [0.15, 0.2) is 5.82 Å². The fourth-order valence-corrected chi connectivity index (χ4v) is 3.66. The molecule has 0 atom stereocenters. The molecule has 0 aliphatic rings. The van der Waals surface area contributed by atoms with Crippen LogP contribution in [0.2, 0.25) is 0 Å². The SMILES string of the molecule is CCCCCCc1nc(C(=O)O)nn1Cc1ccc(-c2ccccc2-c2nnn[nH]2)cc1. The zero-order valence-electron chi connectivity index (χ0n) is 17.9. The van der Waals surface area contributed by atoms with Gasteiger partial charge in [-0.15, -0.1) is 10.2 Å². The summed E-state index contributed by atoms with van der Waals surface area (Å²) in [6, 6.07) is 16.0. The van der Waals surface area contributed by atoms with Gasteiger partial charge in [0.1, 0.15) is 5.82 Å². The minimum Gasteiger partial charge on any atom is -0.475 e. The quantitative estimate of drug-likeness (QED) is 0.364. The monoisotopic (exact) mass is 431 g/mol. The second-order valence-electron chi connectivity index (χ2n) is 7.62. The number of hydrogen-bond donors (Lipinski definition) is 2. The Labute approximate surface area is 185 Å². The third kappa shape index (κ3) is 4.88. The summed E-state index contributed by atoms with van der Waals surface area (Å²) in [6.07, 6.45) is 5.10. The average Bonchev–Trinajstić information content (AvgIpc) is 3.48. The molecule has 2 N–H and O–H groups in total. The maximum absolute atomic E-state index is 11.4. The number of tetrazole rings is 1. The molecule has 0 bridgehead atoms. The van der Waals surface area contributed by atoms with Gasteiger partial charge in [0.2, 0.25) is 0 Å². The summed E-state index contributed by atoms with van der Waals surface area (Å²) in [5.74, 6) is 0.0704. The fraction of sp³-hybridized carbons (Fsp3) is 0.304. The first-order valence-electron chi connectivity index (χ1n) is 10.7. The number of H-pyrrole nitrogens is 1. The molecule has 0 saturated heterocycles. The number of aryl methyl sites for hydroxylation is 1. The molecular formula is C23H25N7O2. The highest BCUT2D eigenvalue weighted by Gasteiger charge is 2.16. The van der Waals surface area contributed by atoms with E-state index in [1.54, 1.807) is 4.68 Å². The molecule has 2 aromatic carbocycles. The van der Waals surface area contributed by atoms with Crippen molar-refractivity contribution >= 4 is 5.97 Å². The summed E-state index contributed by atoms with van der Waals surface area (Å²) in [7, 11) is 0. The van der Waals surface area contributed by atoms with Gasteiger partial charge < -0.3 is 5.11 Å². The second-order valence-corrected chi connectivity index (χ2v) is 7.62. The zero-order chi connectivity index (χ0) is 22.3. The molecule has 0 radical (unpaired) electrons. The molecule has 0 aliphatic carbocycles. The normalized spacial score (nSPS) is 11.0. The van der Waals surface area contributed by atoms with Crippen molar-refractivity contribution in [1.29, 1.82) is 0 Å². The van der Waals surface area contributed by atoms with Gasteiger partial charge in [-0.25, -0.2) is 19.6 Å². The molecule has 9 heteroatoms. The number of aromatic nitrogens is 7. The smallest absolute Gasteiger partial charge is 0.375 e. The van der Waals surface area contributed by atoms with Gasteiger partial charge in [-0.2, -0.15) is 0 Å². The molecule has 0 saturated carbocycles. The molecular weight excluding hydrogens is 406 g/mol. The number of rotatable bonds is 10. The van der Waals surface area contributed by atoms with Crippen LogP contribution in [-0.2, 0) is 13.0 Å². The van der Waals surface area contributed by atoms with Crippen LogP contribution in [-0.4, -0.2) is 46.5 Å². The van der Waals surface area contributed by atoms with Gasteiger partial charge >= 0.3 is 5.97 Å². The maximum Gasteiger partial charge on any atom is 0.375 e. The average molecular weight is 432 g/mol. The maximum atomic E-state index is 11.4. The Bertz CT molecular complexity index is 1170. The number of hydrogen-bond acceptors (Lipinski definition) is 6. The van der Waals surface area contributed by atoms with E-state index in [1.165, 1.54) is 0 Å². The van der Waals surface area contributed by atoms with Crippen LogP contribution in [0.4, 0.5) is 0 Å². The summed E-state index contributed by atoms with van der Waals surface area (Å²) in [4.78, 5) is 15.6. The highest BCUT2D eigenvalue weighted by Crippen LogP contribution is 2.29. The molecule has 0 spiro atoms. The summed E-state index contributed by atoms with van der Waals surface area (Å²) in [6.45, 7) is 2.63. The minimum absolute atomic E-state index is 0.151. The topological polar surface area (TPSA) is 122 Å². The van der Waals surface area contributed by atoms with Crippen molar-refractivity contribution in [1.82, 2.24) is 35.4 Å². The van der Waals surface area contributed by atoms with Crippen molar-refractivity contribution in [2.45, 2.75) is 45.6 Å². The third-order valence-electron chi connectivity index (χ3n) is 5.32. The Morgan fingerprint density at radius 3 is 2.50 bits per heavy atom. The number of carboxylic acid groups (broad SMARTS) is 1. The molecule has 0 aliphatic heterocycles. The van der Waals surface area contributed by atoms with Crippen LogP contribution >= 0.6 is 0 Å². The van der Waals surface area contributed by atoms with E-state index < -0.39 is 5.97 Å². The van der Waals surface area contributed by atoms with Crippen molar-refractivity contribution in [3.8, 4) is 22.5 Å². The number of aromatic carboxylic acids is 1. The van der Waals surface area contributed by atoms with Crippen molar-refractivity contribution in [2.75, 3.05) is 0 Å². The lowest BCUT2D eigenvalue weighted by Gasteiger charge is -2.09. The Morgan fingerprint density at radius 2 is 1.81 bits per heavy atom. The summed E-state index contributed by atoms with van der Waals surface area (Å²) in [5.41, 5.74) is 3.99. The van der Waals surface area contributed by atoms with E-state index in [1.807, 2.05) is 48.5 Å². The summed E-state index contributed by atoms with van der Waals surface area (Å²) in [5, 5.41) is 27.7. The van der Waals surface area contributed by atoms with Crippen LogP contribution in [0.1, 0.15) is 54.6 Å². The van der Waals surface area contributed by atoms with Gasteiger partial charge in [-0.1, -0.05) is 74.7 Å². The van der Waals surface area contributed by atoms with Gasteiger partial charge in [0, 0.05) is 12.0 Å². The number of carboxylic acids is 1. The van der Waals surface area contributed by atoms with Crippen LogP contribution in [0.5, 0.6) is 0 Å². The Hall–Kier alpha value is -3.88. The van der Waals surface area contributed by atoms with E-state index in [9.17, 15) is 9.90 Å². The zero-order valence-corrected chi connectivity index (χ0v) is 17.9. The number of carbonyl (C=O) groups is 1. The molecule has 9 nitrogen and oxygen atoms in total. The molecule has 2 heterocycles. The summed E-state index contributed by atoms with van der Waals surface area (Å²) < 4.78 is 1.71.